The number of nitrogens with zero attached hydrogens (tertiary/aromatic N) is 1. The lowest BCUT2D eigenvalue weighted by Gasteiger charge is -2.37. The molecule has 0 unspecified atom stereocenters. The Balaban J connectivity index is 1.76. The minimum atomic E-state index is -0.247. The monoisotopic (exact) mass is 327 g/mol. The molecule has 23 heavy (non-hydrogen) atoms. The van der Waals surface area contributed by atoms with E-state index in [0.717, 1.165) is 17.7 Å². The normalized spacial score (nSPS) is 19.6. The lowest BCUT2D eigenvalue weighted by molar-refractivity contribution is -0.134. The minimum Gasteiger partial charge on any atom is -0.394 e. The number of carbonyl (C=O) groups excluding carboxylic acids is 1. The van der Waals surface area contributed by atoms with Gasteiger partial charge in [0.25, 0.3) is 0 Å². The number of hydrogen-bond acceptors (Lipinski definition) is 3. The highest BCUT2D eigenvalue weighted by atomic mass is 32.2. The van der Waals surface area contributed by atoms with Crippen molar-refractivity contribution in [1.82, 2.24) is 4.90 Å². The van der Waals surface area contributed by atoms with Gasteiger partial charge in [0.05, 0.1) is 17.9 Å². The molecule has 2 aromatic carbocycles. The highest BCUT2D eigenvalue weighted by Crippen LogP contribution is 2.30. The molecule has 1 N–H and O–H groups in total. The first-order chi connectivity index (χ1) is 11.3. The van der Waals surface area contributed by atoms with Crippen LogP contribution in [0.2, 0.25) is 0 Å². The van der Waals surface area contributed by atoms with Crippen molar-refractivity contribution in [3.63, 3.8) is 0 Å². The van der Waals surface area contributed by atoms with Gasteiger partial charge in [-0.1, -0.05) is 60.7 Å². The first kappa shape index (κ1) is 16.1. The van der Waals surface area contributed by atoms with Gasteiger partial charge >= 0.3 is 0 Å². The SMILES string of the molecule is O=C1[C@@H](Cc2ccccc2)SCCN1[C@@H](CO)c1ccccc1. The molecule has 0 spiro atoms. The van der Waals surface area contributed by atoms with Crippen molar-refractivity contribution in [1.29, 1.82) is 0 Å². The Morgan fingerprint density at radius 3 is 2.39 bits per heavy atom. The van der Waals surface area contributed by atoms with Crippen molar-refractivity contribution in [3.05, 3.63) is 71.8 Å². The molecule has 1 saturated heterocycles. The third-order valence-electron chi connectivity index (χ3n) is 4.21. The molecule has 0 saturated carbocycles. The smallest absolute Gasteiger partial charge is 0.236 e. The topological polar surface area (TPSA) is 40.5 Å². The largest absolute Gasteiger partial charge is 0.394 e. The molecule has 0 aromatic heterocycles. The Labute approximate surface area is 141 Å². The van der Waals surface area contributed by atoms with Crippen molar-refractivity contribution < 1.29 is 9.90 Å². The van der Waals surface area contributed by atoms with E-state index in [0.29, 0.717) is 6.54 Å². The molecule has 3 nitrogen and oxygen atoms in total. The minimum absolute atomic E-state index is 0.0432. The van der Waals surface area contributed by atoms with E-state index < -0.39 is 0 Å². The van der Waals surface area contributed by atoms with Crippen molar-refractivity contribution in [2.75, 3.05) is 18.9 Å². The van der Waals surface area contributed by atoms with Gasteiger partial charge in [-0.05, 0) is 17.5 Å². The van der Waals surface area contributed by atoms with Crippen LogP contribution in [-0.4, -0.2) is 40.1 Å². The van der Waals surface area contributed by atoms with E-state index in [-0.39, 0.29) is 23.8 Å². The van der Waals surface area contributed by atoms with Gasteiger partial charge in [0.2, 0.25) is 5.91 Å². The molecule has 2 atom stereocenters. The molecule has 1 fully saturated rings. The van der Waals surface area contributed by atoms with E-state index in [1.807, 2.05) is 53.4 Å². The third kappa shape index (κ3) is 3.77. The maximum atomic E-state index is 12.9. The Morgan fingerprint density at radius 1 is 1.09 bits per heavy atom. The molecule has 0 aliphatic carbocycles. The molecular formula is C19H21NO2S. The zero-order chi connectivity index (χ0) is 16.1. The van der Waals surface area contributed by atoms with Crippen LogP contribution in [0, 0.1) is 0 Å². The molecule has 1 amide bonds. The van der Waals surface area contributed by atoms with E-state index in [9.17, 15) is 9.90 Å². The van der Waals surface area contributed by atoms with Crippen LogP contribution in [0.5, 0.6) is 0 Å². The maximum absolute atomic E-state index is 12.9. The fraction of sp³-hybridized carbons (Fsp3) is 0.316. The zero-order valence-electron chi connectivity index (χ0n) is 13.0. The standard InChI is InChI=1S/C19H21NO2S/c21-14-17(16-9-5-2-6-10-16)20-11-12-23-18(19(20)22)13-15-7-3-1-4-8-15/h1-10,17-18,21H,11-14H2/t17-,18+/m0/s1. The molecule has 1 aliphatic rings. The molecule has 120 valence electrons. The van der Waals surface area contributed by atoms with Crippen LogP contribution >= 0.6 is 11.8 Å². The molecular weight excluding hydrogens is 306 g/mol. The summed E-state index contributed by atoms with van der Waals surface area (Å²) in [7, 11) is 0. The predicted octanol–water partition coefficient (Wildman–Crippen LogP) is 2.91. The molecule has 0 radical (unpaired) electrons. The van der Waals surface area contributed by atoms with Gasteiger partial charge in [0, 0.05) is 12.3 Å². The van der Waals surface area contributed by atoms with Gasteiger partial charge in [0.15, 0.2) is 0 Å². The van der Waals surface area contributed by atoms with Crippen LogP contribution in [-0.2, 0) is 11.2 Å². The van der Waals surface area contributed by atoms with E-state index >= 15 is 0 Å². The Bertz CT molecular complexity index is 632. The van der Waals surface area contributed by atoms with E-state index in [4.69, 9.17) is 0 Å². The van der Waals surface area contributed by atoms with Crippen LogP contribution < -0.4 is 0 Å². The first-order valence-electron chi connectivity index (χ1n) is 7.91. The molecule has 1 aliphatic heterocycles. The van der Waals surface area contributed by atoms with E-state index in [1.54, 1.807) is 11.8 Å². The van der Waals surface area contributed by atoms with Crippen LogP contribution in [0.3, 0.4) is 0 Å². The summed E-state index contributed by atoms with van der Waals surface area (Å²) in [5.74, 6) is 1.04. The summed E-state index contributed by atoms with van der Waals surface area (Å²) < 4.78 is 0. The summed E-state index contributed by atoms with van der Waals surface area (Å²) >= 11 is 1.72. The second-order valence-electron chi connectivity index (χ2n) is 5.69. The average molecular weight is 327 g/mol. The quantitative estimate of drug-likeness (QED) is 0.918. The van der Waals surface area contributed by atoms with Crippen molar-refractivity contribution in [3.8, 4) is 0 Å². The van der Waals surface area contributed by atoms with Gasteiger partial charge in [0.1, 0.15) is 0 Å². The summed E-state index contributed by atoms with van der Waals surface area (Å²) in [6, 6.07) is 19.7. The lowest BCUT2D eigenvalue weighted by Crippen LogP contribution is -2.47. The number of hydrogen-bond donors (Lipinski definition) is 1. The zero-order valence-corrected chi connectivity index (χ0v) is 13.8. The molecule has 4 heteroatoms. The number of amides is 1. The lowest BCUT2D eigenvalue weighted by atomic mass is 10.0. The Kier molecular flexibility index (Phi) is 5.36. The highest BCUT2D eigenvalue weighted by Gasteiger charge is 2.34. The van der Waals surface area contributed by atoms with Gasteiger partial charge < -0.3 is 10.0 Å². The fourth-order valence-electron chi connectivity index (χ4n) is 3.00. The number of thioether (sulfide) groups is 1. The van der Waals surface area contributed by atoms with Crippen molar-refractivity contribution in [2.45, 2.75) is 17.7 Å². The van der Waals surface area contributed by atoms with Crippen LogP contribution in [0.25, 0.3) is 0 Å². The number of aliphatic hydroxyl groups is 1. The number of benzene rings is 2. The summed E-state index contributed by atoms with van der Waals surface area (Å²) in [5, 5.41) is 9.76. The van der Waals surface area contributed by atoms with Crippen LogP contribution in [0.1, 0.15) is 17.2 Å². The van der Waals surface area contributed by atoms with E-state index in [2.05, 4.69) is 12.1 Å². The summed E-state index contributed by atoms with van der Waals surface area (Å²) in [5.41, 5.74) is 2.18. The van der Waals surface area contributed by atoms with Crippen molar-refractivity contribution in [2.24, 2.45) is 0 Å². The summed E-state index contributed by atoms with van der Waals surface area (Å²) in [4.78, 5) is 14.7. The molecule has 1 heterocycles. The van der Waals surface area contributed by atoms with Gasteiger partial charge in [-0.25, -0.2) is 0 Å². The molecule has 2 aromatic rings. The van der Waals surface area contributed by atoms with Gasteiger partial charge in [-0.3, -0.25) is 4.79 Å². The second kappa shape index (κ2) is 7.66. The Morgan fingerprint density at radius 2 is 1.74 bits per heavy atom. The average Bonchev–Trinajstić information content (AvgIpc) is 2.61. The van der Waals surface area contributed by atoms with Crippen molar-refractivity contribution >= 4 is 17.7 Å². The number of rotatable bonds is 5. The van der Waals surface area contributed by atoms with Gasteiger partial charge in [-0.2, -0.15) is 0 Å². The number of aliphatic hydroxyl groups excluding tert-OH is 1. The maximum Gasteiger partial charge on any atom is 0.236 e. The number of carbonyl (C=O) groups is 1. The van der Waals surface area contributed by atoms with E-state index in [1.165, 1.54) is 5.56 Å². The Hall–Kier alpha value is -1.78. The van der Waals surface area contributed by atoms with Crippen LogP contribution in [0.15, 0.2) is 60.7 Å². The van der Waals surface area contributed by atoms with Gasteiger partial charge in [-0.15, -0.1) is 11.8 Å². The summed E-state index contributed by atoms with van der Waals surface area (Å²) in [6.07, 6.45) is 0.744. The fourth-order valence-corrected chi connectivity index (χ4v) is 4.18. The highest BCUT2D eigenvalue weighted by molar-refractivity contribution is 8.00. The van der Waals surface area contributed by atoms with Crippen LogP contribution in [0.4, 0.5) is 0 Å². The third-order valence-corrected chi connectivity index (χ3v) is 5.40. The predicted molar refractivity (Wildman–Crippen MR) is 94.4 cm³/mol. The molecule has 3 rings (SSSR count). The summed E-state index contributed by atoms with van der Waals surface area (Å²) in [6.45, 7) is 0.646. The first-order valence-corrected chi connectivity index (χ1v) is 8.96. The second-order valence-corrected chi connectivity index (χ2v) is 7.00. The molecule has 0 bridgehead atoms.